The number of carbonyl (C=O) groups is 3. The number of aliphatic hydroxyl groups is 3. The van der Waals surface area contributed by atoms with Crippen LogP contribution in [0.1, 0.15) is 38.0 Å². The Balaban J connectivity index is 2.05. The summed E-state index contributed by atoms with van der Waals surface area (Å²) in [5.41, 5.74) is -10.1. The smallest absolute Gasteiger partial charge is 0.218 e. The molecule has 3 aromatic rings. The van der Waals surface area contributed by atoms with Crippen LogP contribution < -0.4 is 0 Å². The van der Waals surface area contributed by atoms with Crippen LogP contribution in [0.4, 0.5) is 0 Å². The molecule has 0 aromatic heterocycles. The molecule has 1 aliphatic heterocycles. The first-order valence-corrected chi connectivity index (χ1v) is 11.3. The summed E-state index contributed by atoms with van der Waals surface area (Å²) in [6.07, 6.45) is -3.50. The molecule has 186 valence electrons. The molecule has 0 spiro atoms. The summed E-state index contributed by atoms with van der Waals surface area (Å²) in [5.74, 6) is -3.54. The maximum atomic E-state index is 14.0. The number of hydrogen-bond acceptors (Lipinski definition) is 8. The summed E-state index contributed by atoms with van der Waals surface area (Å²) in [6.45, 7) is 1.25. The number of ether oxygens (including phenoxy) is 2. The second-order valence-corrected chi connectivity index (χ2v) is 8.67. The lowest BCUT2D eigenvalue weighted by molar-refractivity contribution is -0.347. The number of carbonyl (C=O) groups excluding carboxylic acids is 3. The van der Waals surface area contributed by atoms with Crippen molar-refractivity contribution in [2.75, 3.05) is 7.11 Å². The Labute approximate surface area is 207 Å². The van der Waals surface area contributed by atoms with Gasteiger partial charge in [-0.1, -0.05) is 91.0 Å². The van der Waals surface area contributed by atoms with Gasteiger partial charge in [0, 0.05) is 23.8 Å². The van der Waals surface area contributed by atoms with E-state index >= 15 is 0 Å². The van der Waals surface area contributed by atoms with Gasteiger partial charge in [-0.3, -0.25) is 14.4 Å². The zero-order valence-corrected chi connectivity index (χ0v) is 19.7. The molecule has 0 radical (unpaired) electrons. The molecule has 1 fully saturated rings. The molecule has 0 aliphatic carbocycles. The minimum absolute atomic E-state index is 0.0693. The molecule has 0 unspecified atom stereocenters. The van der Waals surface area contributed by atoms with Gasteiger partial charge < -0.3 is 24.8 Å². The van der Waals surface area contributed by atoms with Crippen molar-refractivity contribution in [2.24, 2.45) is 0 Å². The third kappa shape index (κ3) is 3.54. The average Bonchev–Trinajstić information content (AvgIpc) is 2.93. The first-order chi connectivity index (χ1) is 17.1. The molecule has 5 atom stereocenters. The Hall–Kier alpha value is -3.53. The first kappa shape index (κ1) is 25.6. The molecule has 0 amide bonds. The van der Waals surface area contributed by atoms with Crippen molar-refractivity contribution in [3.63, 3.8) is 0 Å². The minimum atomic E-state index is -3.43. The predicted octanol–water partition coefficient (Wildman–Crippen LogP) is 2.22. The van der Waals surface area contributed by atoms with Crippen LogP contribution in [-0.4, -0.2) is 69.0 Å². The number of rotatable bonds is 7. The van der Waals surface area contributed by atoms with Gasteiger partial charge in [-0.05, 0) is 6.92 Å². The Bertz CT molecular complexity index is 1260. The van der Waals surface area contributed by atoms with Crippen LogP contribution in [0.15, 0.2) is 91.0 Å². The normalized spacial score (nSPS) is 29.9. The van der Waals surface area contributed by atoms with E-state index in [-0.39, 0.29) is 16.7 Å². The maximum absolute atomic E-state index is 14.0. The van der Waals surface area contributed by atoms with Crippen LogP contribution in [0.3, 0.4) is 0 Å². The lowest BCUT2D eigenvalue weighted by atomic mass is 9.58. The van der Waals surface area contributed by atoms with Gasteiger partial charge in [-0.25, -0.2) is 0 Å². The second kappa shape index (κ2) is 9.50. The van der Waals surface area contributed by atoms with Crippen molar-refractivity contribution in [1.82, 2.24) is 0 Å². The van der Waals surface area contributed by atoms with E-state index in [0.717, 1.165) is 7.11 Å². The van der Waals surface area contributed by atoms with Gasteiger partial charge in [0.1, 0.15) is 0 Å². The van der Waals surface area contributed by atoms with Gasteiger partial charge in [0.15, 0.2) is 11.9 Å². The monoisotopic (exact) mass is 490 g/mol. The van der Waals surface area contributed by atoms with Crippen molar-refractivity contribution in [2.45, 2.75) is 36.1 Å². The summed E-state index contributed by atoms with van der Waals surface area (Å²) in [7, 11) is 1.11. The van der Waals surface area contributed by atoms with Crippen molar-refractivity contribution in [3.8, 4) is 0 Å². The molecule has 8 nitrogen and oxygen atoms in total. The third-order valence-corrected chi connectivity index (χ3v) is 6.70. The zero-order chi connectivity index (χ0) is 26.1. The lowest BCUT2D eigenvalue weighted by Gasteiger charge is -2.57. The summed E-state index contributed by atoms with van der Waals surface area (Å²) in [4.78, 5) is 41.7. The fraction of sp³-hybridized carbons (Fsp3) is 0.250. The number of benzene rings is 3. The highest BCUT2D eigenvalue weighted by Crippen LogP contribution is 2.49. The fourth-order valence-electron chi connectivity index (χ4n) is 4.75. The first-order valence-electron chi connectivity index (χ1n) is 11.3. The van der Waals surface area contributed by atoms with Crippen LogP contribution in [0, 0.1) is 0 Å². The van der Waals surface area contributed by atoms with Crippen LogP contribution in [0.5, 0.6) is 0 Å². The van der Waals surface area contributed by atoms with E-state index < -0.39 is 46.5 Å². The van der Waals surface area contributed by atoms with Gasteiger partial charge in [0.25, 0.3) is 0 Å². The molecular weight excluding hydrogens is 464 g/mol. The van der Waals surface area contributed by atoms with Gasteiger partial charge in [0.2, 0.25) is 28.6 Å². The molecule has 8 heteroatoms. The molecule has 4 rings (SSSR count). The van der Waals surface area contributed by atoms with E-state index in [1.807, 2.05) is 0 Å². The molecule has 3 N–H and O–H groups in total. The predicted molar refractivity (Wildman–Crippen MR) is 129 cm³/mol. The molecule has 1 heterocycles. The Morgan fingerprint density at radius 3 is 1.42 bits per heavy atom. The quantitative estimate of drug-likeness (QED) is 0.430. The van der Waals surface area contributed by atoms with Gasteiger partial charge >= 0.3 is 0 Å². The number of Topliss-reactive ketones (excluding diaryl/α,β-unsaturated/α-hetero) is 3. The maximum Gasteiger partial charge on any atom is 0.218 e. The topological polar surface area (TPSA) is 130 Å². The largest absolute Gasteiger partial charge is 0.376 e. The molecule has 1 saturated heterocycles. The van der Waals surface area contributed by atoms with Gasteiger partial charge in [-0.2, -0.15) is 0 Å². The third-order valence-electron chi connectivity index (χ3n) is 6.70. The number of ketones is 3. The SMILES string of the molecule is CO[C@@H]1O[C@@H](C)[C@@](O)(C(=O)c2ccccc2)[C@](O)(C(=O)c2ccccc2)[C@]1(O)C(=O)c1ccccc1. The van der Waals surface area contributed by atoms with Crippen molar-refractivity contribution >= 4 is 17.3 Å². The van der Waals surface area contributed by atoms with Gasteiger partial charge in [-0.15, -0.1) is 0 Å². The minimum Gasteiger partial charge on any atom is -0.376 e. The van der Waals surface area contributed by atoms with Crippen molar-refractivity contribution < 1.29 is 39.2 Å². The highest BCUT2D eigenvalue weighted by molar-refractivity contribution is 6.18. The fourth-order valence-corrected chi connectivity index (χ4v) is 4.75. The molecule has 36 heavy (non-hydrogen) atoms. The summed E-state index contributed by atoms with van der Waals surface area (Å²) in [5, 5.41) is 36.4. The van der Waals surface area contributed by atoms with E-state index in [2.05, 4.69) is 0 Å². The second-order valence-electron chi connectivity index (χ2n) is 8.67. The standard InChI is InChI=1S/C28H26O8/c1-18-26(32,22(29)19-12-6-3-7-13-19)28(34,24(31)21-16-10-5-11-17-21)27(33,25(35-2)36-18)23(30)20-14-8-4-9-15-20/h3-18,25,32-34H,1-2H3/t18-,25+,26+,27-,28+/m0/s1. The summed E-state index contributed by atoms with van der Waals surface area (Å²) >= 11 is 0. The van der Waals surface area contributed by atoms with E-state index in [4.69, 9.17) is 9.47 Å². The van der Waals surface area contributed by atoms with E-state index in [1.165, 1.54) is 79.7 Å². The van der Waals surface area contributed by atoms with E-state index in [1.54, 1.807) is 18.2 Å². The van der Waals surface area contributed by atoms with Crippen LogP contribution in [0.25, 0.3) is 0 Å². The molecule has 0 bridgehead atoms. The van der Waals surface area contributed by atoms with Crippen LogP contribution in [0.2, 0.25) is 0 Å². The van der Waals surface area contributed by atoms with Crippen molar-refractivity contribution in [1.29, 1.82) is 0 Å². The molecular formula is C28H26O8. The number of hydrogen-bond donors (Lipinski definition) is 3. The Kier molecular flexibility index (Phi) is 6.74. The van der Waals surface area contributed by atoms with Crippen molar-refractivity contribution in [3.05, 3.63) is 108 Å². The van der Waals surface area contributed by atoms with E-state index in [9.17, 15) is 29.7 Å². The molecule has 0 saturated carbocycles. The highest BCUT2D eigenvalue weighted by atomic mass is 16.7. The summed E-state index contributed by atoms with van der Waals surface area (Å²) in [6, 6.07) is 22.1. The highest BCUT2D eigenvalue weighted by Gasteiger charge is 2.80. The Morgan fingerprint density at radius 2 is 1.03 bits per heavy atom. The van der Waals surface area contributed by atoms with Gasteiger partial charge in [0.05, 0.1) is 6.10 Å². The molecule has 1 aliphatic rings. The average molecular weight is 491 g/mol. The Morgan fingerprint density at radius 1 is 0.667 bits per heavy atom. The van der Waals surface area contributed by atoms with Crippen LogP contribution >= 0.6 is 0 Å². The van der Waals surface area contributed by atoms with Crippen LogP contribution in [-0.2, 0) is 9.47 Å². The summed E-state index contributed by atoms with van der Waals surface area (Å²) < 4.78 is 10.9. The molecule has 3 aromatic carbocycles. The van der Waals surface area contributed by atoms with E-state index in [0.29, 0.717) is 0 Å². The zero-order valence-electron chi connectivity index (χ0n) is 19.7. The lowest BCUT2D eigenvalue weighted by Crippen LogP contribution is -2.86. The number of methoxy groups -OCH3 is 1.